The van der Waals surface area contributed by atoms with E-state index in [-0.39, 0.29) is 23.9 Å². The second-order valence-electron chi connectivity index (χ2n) is 7.86. The molecule has 1 amide bonds. The SMILES string of the molecule is Cc1ccc(-c2ccc3c(c2)C(=O)N(CCN(C)S(=O)(=O)c2ccccc2)CCO3)cc1. The fraction of sp³-hybridized carbons (Fsp3) is 0.240. The van der Waals surface area contributed by atoms with E-state index in [0.717, 1.165) is 11.1 Å². The van der Waals surface area contributed by atoms with E-state index < -0.39 is 10.0 Å². The van der Waals surface area contributed by atoms with Crippen LogP contribution in [0.2, 0.25) is 0 Å². The predicted octanol–water partition coefficient (Wildman–Crippen LogP) is 3.82. The van der Waals surface area contributed by atoms with Gasteiger partial charge in [0.1, 0.15) is 12.4 Å². The highest BCUT2D eigenvalue weighted by molar-refractivity contribution is 7.89. The zero-order valence-electron chi connectivity index (χ0n) is 18.2. The summed E-state index contributed by atoms with van der Waals surface area (Å²) >= 11 is 0. The van der Waals surface area contributed by atoms with Gasteiger partial charge in [0, 0.05) is 20.1 Å². The Kier molecular flexibility index (Phi) is 6.30. The van der Waals surface area contributed by atoms with Crippen molar-refractivity contribution in [2.75, 3.05) is 33.3 Å². The normalized spacial score (nSPS) is 14.1. The summed E-state index contributed by atoms with van der Waals surface area (Å²) in [6.45, 7) is 3.25. The highest BCUT2D eigenvalue weighted by Crippen LogP contribution is 2.29. The average molecular weight is 451 g/mol. The molecule has 0 radical (unpaired) electrons. The van der Waals surface area contributed by atoms with Gasteiger partial charge in [0.25, 0.3) is 5.91 Å². The van der Waals surface area contributed by atoms with Crippen molar-refractivity contribution in [2.24, 2.45) is 0 Å². The molecule has 0 spiro atoms. The molecule has 0 aromatic heterocycles. The molecule has 0 saturated heterocycles. The van der Waals surface area contributed by atoms with Crippen LogP contribution in [0.5, 0.6) is 5.75 Å². The summed E-state index contributed by atoms with van der Waals surface area (Å²) in [5, 5.41) is 0. The van der Waals surface area contributed by atoms with Crippen LogP contribution in [0.1, 0.15) is 15.9 Å². The zero-order valence-corrected chi connectivity index (χ0v) is 19.0. The van der Waals surface area contributed by atoms with Gasteiger partial charge >= 0.3 is 0 Å². The number of aryl methyl sites for hydroxylation is 1. The average Bonchev–Trinajstić information content (AvgIpc) is 2.96. The smallest absolute Gasteiger partial charge is 0.257 e. The van der Waals surface area contributed by atoms with Crippen LogP contribution in [0.15, 0.2) is 77.7 Å². The zero-order chi connectivity index (χ0) is 22.7. The molecule has 0 saturated carbocycles. The number of rotatable bonds is 6. The van der Waals surface area contributed by atoms with Gasteiger partial charge in [0.15, 0.2) is 0 Å². The lowest BCUT2D eigenvalue weighted by atomic mass is 10.0. The quantitative estimate of drug-likeness (QED) is 0.573. The number of hydrogen-bond acceptors (Lipinski definition) is 4. The van der Waals surface area contributed by atoms with Crippen molar-refractivity contribution in [1.82, 2.24) is 9.21 Å². The van der Waals surface area contributed by atoms with E-state index in [9.17, 15) is 13.2 Å². The van der Waals surface area contributed by atoms with Crippen molar-refractivity contribution in [3.8, 4) is 16.9 Å². The lowest BCUT2D eigenvalue weighted by Gasteiger charge is -2.24. The third-order valence-electron chi connectivity index (χ3n) is 5.64. The Balaban J connectivity index is 1.52. The molecular formula is C25H26N2O4S. The first kappa shape index (κ1) is 22.0. The van der Waals surface area contributed by atoms with Crippen LogP contribution in [-0.2, 0) is 10.0 Å². The summed E-state index contributed by atoms with van der Waals surface area (Å²) in [6.07, 6.45) is 0. The highest BCUT2D eigenvalue weighted by Gasteiger charge is 2.26. The Bertz CT molecular complexity index is 1210. The Morgan fingerprint density at radius 1 is 0.969 bits per heavy atom. The maximum atomic E-state index is 13.3. The summed E-state index contributed by atoms with van der Waals surface area (Å²) in [6, 6.07) is 22.1. The van der Waals surface area contributed by atoms with E-state index in [0.29, 0.717) is 24.5 Å². The lowest BCUT2D eigenvalue weighted by Crippen LogP contribution is -2.40. The number of fused-ring (bicyclic) bond motifs is 1. The minimum atomic E-state index is -3.61. The van der Waals surface area contributed by atoms with Gasteiger partial charge in [-0.25, -0.2) is 8.42 Å². The van der Waals surface area contributed by atoms with Gasteiger partial charge in [-0.15, -0.1) is 0 Å². The maximum absolute atomic E-state index is 13.3. The van der Waals surface area contributed by atoms with E-state index in [1.54, 1.807) is 35.2 Å². The van der Waals surface area contributed by atoms with Gasteiger partial charge in [0.2, 0.25) is 10.0 Å². The molecule has 4 rings (SSSR count). The van der Waals surface area contributed by atoms with Gasteiger partial charge < -0.3 is 9.64 Å². The number of ether oxygens (including phenoxy) is 1. The van der Waals surface area contributed by atoms with Crippen molar-refractivity contribution in [1.29, 1.82) is 0 Å². The molecule has 32 heavy (non-hydrogen) atoms. The molecule has 0 aliphatic carbocycles. The number of benzene rings is 3. The maximum Gasteiger partial charge on any atom is 0.257 e. The van der Waals surface area contributed by atoms with Crippen molar-refractivity contribution >= 4 is 15.9 Å². The third-order valence-corrected chi connectivity index (χ3v) is 7.51. The van der Waals surface area contributed by atoms with Crippen LogP contribution < -0.4 is 4.74 Å². The first-order valence-electron chi connectivity index (χ1n) is 10.5. The number of nitrogens with zero attached hydrogens (tertiary/aromatic N) is 2. The molecule has 0 fully saturated rings. The molecule has 6 nitrogen and oxygen atoms in total. The largest absolute Gasteiger partial charge is 0.491 e. The van der Waals surface area contributed by atoms with Gasteiger partial charge in [-0.2, -0.15) is 4.31 Å². The molecule has 7 heteroatoms. The summed E-state index contributed by atoms with van der Waals surface area (Å²) in [4.78, 5) is 15.2. The highest BCUT2D eigenvalue weighted by atomic mass is 32.2. The molecule has 0 bridgehead atoms. The molecule has 0 atom stereocenters. The first-order valence-corrected chi connectivity index (χ1v) is 11.9. The van der Waals surface area contributed by atoms with Crippen LogP contribution in [-0.4, -0.2) is 56.8 Å². The van der Waals surface area contributed by atoms with E-state index in [4.69, 9.17) is 4.74 Å². The standard InChI is InChI=1S/C25H26N2O4S/c1-19-8-10-20(11-9-19)21-12-13-24-23(18-21)25(28)27(16-17-31-24)15-14-26(2)32(29,30)22-6-4-3-5-7-22/h3-13,18H,14-17H2,1-2H3. The minimum absolute atomic E-state index is 0.156. The van der Waals surface area contributed by atoms with E-state index in [2.05, 4.69) is 0 Å². The van der Waals surface area contributed by atoms with E-state index in [1.807, 2.05) is 49.4 Å². The van der Waals surface area contributed by atoms with Crippen molar-refractivity contribution in [2.45, 2.75) is 11.8 Å². The van der Waals surface area contributed by atoms with Crippen molar-refractivity contribution in [3.05, 3.63) is 83.9 Å². The van der Waals surface area contributed by atoms with Crippen LogP contribution in [0.4, 0.5) is 0 Å². The molecule has 166 valence electrons. The van der Waals surface area contributed by atoms with Gasteiger partial charge in [-0.05, 0) is 42.3 Å². The number of amides is 1. The van der Waals surface area contributed by atoms with Gasteiger partial charge in [-0.3, -0.25) is 4.79 Å². The monoisotopic (exact) mass is 450 g/mol. The molecular weight excluding hydrogens is 424 g/mol. The van der Waals surface area contributed by atoms with E-state index in [1.165, 1.54) is 16.9 Å². The fourth-order valence-electron chi connectivity index (χ4n) is 3.65. The number of hydrogen-bond donors (Lipinski definition) is 0. The third kappa shape index (κ3) is 4.54. The summed E-state index contributed by atoms with van der Waals surface area (Å²) in [5.74, 6) is 0.399. The number of carbonyl (C=O) groups excluding carboxylic acids is 1. The van der Waals surface area contributed by atoms with Crippen LogP contribution in [0.3, 0.4) is 0 Å². The first-order chi connectivity index (χ1) is 15.4. The Labute approximate surface area is 189 Å². The van der Waals surface area contributed by atoms with Crippen LogP contribution in [0, 0.1) is 6.92 Å². The topological polar surface area (TPSA) is 66.9 Å². The molecule has 1 heterocycles. The molecule has 1 aliphatic rings. The summed E-state index contributed by atoms with van der Waals surface area (Å²) < 4.78 is 32.6. The molecule has 1 aliphatic heterocycles. The molecule has 3 aromatic rings. The van der Waals surface area contributed by atoms with Crippen LogP contribution in [0.25, 0.3) is 11.1 Å². The summed E-state index contributed by atoms with van der Waals surface area (Å²) in [5.41, 5.74) is 3.62. The lowest BCUT2D eigenvalue weighted by molar-refractivity contribution is 0.0750. The van der Waals surface area contributed by atoms with Crippen LogP contribution >= 0.6 is 0 Å². The van der Waals surface area contributed by atoms with Gasteiger partial charge in [-0.1, -0.05) is 54.1 Å². The Morgan fingerprint density at radius 3 is 2.38 bits per heavy atom. The van der Waals surface area contributed by atoms with Gasteiger partial charge in [0.05, 0.1) is 17.0 Å². The Morgan fingerprint density at radius 2 is 1.66 bits per heavy atom. The van der Waals surface area contributed by atoms with E-state index >= 15 is 0 Å². The fourth-order valence-corrected chi connectivity index (χ4v) is 4.84. The number of likely N-dealkylation sites (N-methyl/N-ethyl adjacent to an activating group) is 1. The second kappa shape index (κ2) is 9.14. The molecule has 0 N–H and O–H groups in total. The summed E-state index contributed by atoms with van der Waals surface area (Å²) in [7, 11) is -2.08. The second-order valence-corrected chi connectivity index (χ2v) is 9.90. The van der Waals surface area contributed by atoms with Crippen molar-refractivity contribution in [3.63, 3.8) is 0 Å². The molecule has 3 aromatic carbocycles. The minimum Gasteiger partial charge on any atom is -0.491 e. The Hall–Kier alpha value is -3.16. The number of sulfonamides is 1. The van der Waals surface area contributed by atoms with Crippen molar-refractivity contribution < 1.29 is 17.9 Å². The number of carbonyl (C=O) groups is 1. The predicted molar refractivity (Wildman–Crippen MR) is 124 cm³/mol. The molecule has 0 unspecified atom stereocenters.